The van der Waals surface area contributed by atoms with Gasteiger partial charge in [-0.15, -0.1) is 20.4 Å². The van der Waals surface area contributed by atoms with Crippen LogP contribution >= 0.6 is 11.6 Å². The highest BCUT2D eigenvalue weighted by Crippen LogP contribution is 2.32. The number of hydrogen-bond acceptors (Lipinski definition) is 11. The molecule has 3 aromatic rings. The SMILES string of the molecule is CC(=O)N1CCN(c2cc(-c3ccccc3O)nnc2N)CC1C.CC(=O)N1CCN(c2cc(Cl)nnc2N)CC1C. The Labute approximate surface area is 250 Å². The molecule has 2 aliphatic rings. The number of anilines is 4. The maximum atomic E-state index is 11.6. The second-order valence-corrected chi connectivity index (χ2v) is 10.9. The van der Waals surface area contributed by atoms with E-state index < -0.39 is 0 Å². The van der Waals surface area contributed by atoms with Crippen LogP contribution in [-0.4, -0.2) is 98.5 Å². The summed E-state index contributed by atoms with van der Waals surface area (Å²) < 4.78 is 0. The first-order valence-electron chi connectivity index (χ1n) is 13.7. The molecule has 0 saturated carbocycles. The minimum Gasteiger partial charge on any atom is -0.507 e. The van der Waals surface area contributed by atoms with Gasteiger partial charge >= 0.3 is 0 Å². The highest BCUT2D eigenvalue weighted by Gasteiger charge is 2.28. The fraction of sp³-hybridized carbons (Fsp3) is 0.429. The van der Waals surface area contributed by atoms with Crippen molar-refractivity contribution in [1.82, 2.24) is 30.2 Å². The number of rotatable bonds is 3. The van der Waals surface area contributed by atoms with E-state index in [1.54, 1.807) is 38.1 Å². The molecule has 2 aliphatic heterocycles. The molecule has 2 amide bonds. The lowest BCUT2D eigenvalue weighted by molar-refractivity contribution is -0.132. The van der Waals surface area contributed by atoms with Crippen LogP contribution in [0.2, 0.25) is 5.15 Å². The van der Waals surface area contributed by atoms with Crippen molar-refractivity contribution >= 4 is 46.4 Å². The van der Waals surface area contributed by atoms with E-state index in [0.29, 0.717) is 60.8 Å². The number of carbonyl (C=O) groups excluding carboxylic acids is 2. The molecule has 0 bridgehead atoms. The monoisotopic (exact) mass is 596 g/mol. The van der Waals surface area contributed by atoms with Crippen molar-refractivity contribution in [2.45, 2.75) is 39.8 Å². The van der Waals surface area contributed by atoms with Gasteiger partial charge in [-0.05, 0) is 32.0 Å². The normalized spacial score (nSPS) is 18.8. The van der Waals surface area contributed by atoms with E-state index in [4.69, 9.17) is 23.1 Å². The molecule has 0 aliphatic carbocycles. The Balaban J connectivity index is 0.000000201. The van der Waals surface area contributed by atoms with E-state index in [-0.39, 0.29) is 29.6 Å². The van der Waals surface area contributed by atoms with Crippen LogP contribution in [0, 0.1) is 0 Å². The molecular weight excluding hydrogens is 560 g/mol. The van der Waals surface area contributed by atoms with Crippen molar-refractivity contribution in [1.29, 1.82) is 0 Å². The molecule has 2 fully saturated rings. The Hall–Kier alpha value is -4.39. The van der Waals surface area contributed by atoms with Gasteiger partial charge in [0.2, 0.25) is 11.8 Å². The van der Waals surface area contributed by atoms with Crippen LogP contribution in [0.4, 0.5) is 23.0 Å². The van der Waals surface area contributed by atoms with Crippen molar-refractivity contribution < 1.29 is 14.7 Å². The predicted molar refractivity (Wildman–Crippen MR) is 163 cm³/mol. The molecule has 0 radical (unpaired) electrons. The number of nitrogens with two attached hydrogens (primary N) is 2. The van der Waals surface area contributed by atoms with Crippen molar-refractivity contribution in [3.63, 3.8) is 0 Å². The summed E-state index contributed by atoms with van der Waals surface area (Å²) in [7, 11) is 0. The average Bonchev–Trinajstić information content (AvgIpc) is 2.95. The number of halogens is 1. The van der Waals surface area contributed by atoms with Gasteiger partial charge in [-0.2, -0.15) is 0 Å². The summed E-state index contributed by atoms with van der Waals surface area (Å²) in [5, 5.41) is 26.0. The molecule has 5 rings (SSSR count). The fourth-order valence-electron chi connectivity index (χ4n) is 5.38. The van der Waals surface area contributed by atoms with Crippen LogP contribution in [0.3, 0.4) is 0 Å². The molecule has 14 heteroatoms. The second kappa shape index (κ2) is 13.1. The Kier molecular flexibility index (Phi) is 9.51. The lowest BCUT2D eigenvalue weighted by Gasteiger charge is -2.40. The van der Waals surface area contributed by atoms with Crippen molar-refractivity contribution in [2.24, 2.45) is 0 Å². The summed E-state index contributed by atoms with van der Waals surface area (Å²) in [4.78, 5) is 30.9. The van der Waals surface area contributed by atoms with Gasteiger partial charge in [-0.25, -0.2) is 0 Å². The predicted octanol–water partition coefficient (Wildman–Crippen LogP) is 2.26. The molecule has 4 heterocycles. The number of hydrogen-bond donors (Lipinski definition) is 3. The molecule has 5 N–H and O–H groups in total. The maximum Gasteiger partial charge on any atom is 0.219 e. The van der Waals surface area contributed by atoms with E-state index >= 15 is 0 Å². The Morgan fingerprint density at radius 1 is 0.810 bits per heavy atom. The first kappa shape index (κ1) is 30.6. The zero-order chi connectivity index (χ0) is 30.6. The van der Waals surface area contributed by atoms with Crippen LogP contribution in [0.5, 0.6) is 5.75 Å². The molecule has 2 aromatic heterocycles. The van der Waals surface area contributed by atoms with E-state index in [2.05, 4.69) is 30.2 Å². The number of phenols is 1. The Morgan fingerprint density at radius 2 is 1.31 bits per heavy atom. The number of phenolic OH excluding ortho intramolecular Hbond substituents is 1. The van der Waals surface area contributed by atoms with Gasteiger partial charge < -0.3 is 36.2 Å². The number of aromatic nitrogens is 4. The zero-order valence-corrected chi connectivity index (χ0v) is 25.0. The van der Waals surface area contributed by atoms with Crippen LogP contribution in [-0.2, 0) is 9.59 Å². The zero-order valence-electron chi connectivity index (χ0n) is 24.2. The largest absolute Gasteiger partial charge is 0.507 e. The summed E-state index contributed by atoms with van der Waals surface area (Å²) in [5.74, 6) is 1.04. The van der Waals surface area contributed by atoms with Gasteiger partial charge in [-0.1, -0.05) is 23.7 Å². The standard InChI is InChI=1S/C17H21N5O2.C11H16ClN5O/c1-11-10-21(7-8-22(11)12(2)23)15-9-14(19-20-17(15)18)13-5-3-4-6-16(13)24;1-7-6-16(3-4-17(7)8(2)18)9-5-10(12)14-15-11(9)13/h3-6,9,11,24H,7-8,10H2,1-2H3,(H2,18,20);5,7H,3-4,6H2,1-2H3,(H2,13,15). The van der Waals surface area contributed by atoms with Gasteiger partial charge in [0.25, 0.3) is 0 Å². The van der Waals surface area contributed by atoms with E-state index in [1.807, 2.05) is 35.8 Å². The summed E-state index contributed by atoms with van der Waals surface area (Å²) in [6.45, 7) is 11.3. The van der Waals surface area contributed by atoms with Gasteiger partial charge in [0, 0.05) is 76.8 Å². The number of benzene rings is 1. The third kappa shape index (κ3) is 6.90. The van der Waals surface area contributed by atoms with Crippen LogP contribution in [0.25, 0.3) is 11.3 Å². The molecule has 224 valence electrons. The number of aromatic hydroxyl groups is 1. The molecule has 2 atom stereocenters. The first-order valence-corrected chi connectivity index (χ1v) is 14.1. The summed E-state index contributed by atoms with van der Waals surface area (Å²) in [5.41, 5.74) is 14.6. The average molecular weight is 597 g/mol. The summed E-state index contributed by atoms with van der Waals surface area (Å²) >= 11 is 5.83. The number of carbonyl (C=O) groups is 2. The topological polar surface area (TPSA) is 171 Å². The summed E-state index contributed by atoms with van der Waals surface area (Å²) in [6, 6.07) is 10.8. The highest BCUT2D eigenvalue weighted by molar-refractivity contribution is 6.29. The second-order valence-electron chi connectivity index (χ2n) is 10.5. The van der Waals surface area contributed by atoms with Gasteiger partial charge in [0.15, 0.2) is 16.8 Å². The smallest absolute Gasteiger partial charge is 0.219 e. The molecule has 42 heavy (non-hydrogen) atoms. The van der Waals surface area contributed by atoms with E-state index in [9.17, 15) is 14.7 Å². The minimum atomic E-state index is 0.0814. The molecular formula is C28H37ClN10O3. The molecule has 2 saturated heterocycles. The number of nitrogen functional groups attached to an aromatic ring is 2. The minimum absolute atomic E-state index is 0.0814. The third-order valence-electron chi connectivity index (χ3n) is 7.50. The van der Waals surface area contributed by atoms with Crippen molar-refractivity contribution in [3.8, 4) is 17.0 Å². The van der Waals surface area contributed by atoms with Gasteiger partial charge in [0.1, 0.15) is 5.75 Å². The quantitative estimate of drug-likeness (QED) is 0.405. The number of piperazine rings is 2. The molecule has 0 spiro atoms. The van der Waals surface area contributed by atoms with Gasteiger partial charge in [-0.3, -0.25) is 9.59 Å². The van der Waals surface area contributed by atoms with Crippen molar-refractivity contribution in [3.05, 3.63) is 41.6 Å². The lowest BCUT2D eigenvalue weighted by Crippen LogP contribution is -2.53. The molecule has 1 aromatic carbocycles. The fourth-order valence-corrected chi connectivity index (χ4v) is 5.52. The maximum absolute atomic E-state index is 11.6. The van der Waals surface area contributed by atoms with Crippen molar-refractivity contribution in [2.75, 3.05) is 60.5 Å². The number of nitrogens with zero attached hydrogens (tertiary/aromatic N) is 8. The van der Waals surface area contributed by atoms with Crippen LogP contribution in [0.15, 0.2) is 36.4 Å². The Morgan fingerprint density at radius 3 is 1.81 bits per heavy atom. The number of amides is 2. The lowest BCUT2D eigenvalue weighted by atomic mass is 10.1. The third-order valence-corrected chi connectivity index (χ3v) is 7.68. The molecule has 13 nitrogen and oxygen atoms in total. The van der Waals surface area contributed by atoms with Crippen LogP contribution < -0.4 is 21.3 Å². The number of para-hydroxylation sites is 1. The van der Waals surface area contributed by atoms with E-state index in [0.717, 1.165) is 17.9 Å². The summed E-state index contributed by atoms with van der Waals surface area (Å²) in [6.07, 6.45) is 0. The van der Waals surface area contributed by atoms with E-state index in [1.165, 1.54) is 0 Å². The Bertz CT molecular complexity index is 1440. The highest BCUT2D eigenvalue weighted by atomic mass is 35.5. The van der Waals surface area contributed by atoms with Crippen LogP contribution in [0.1, 0.15) is 27.7 Å². The van der Waals surface area contributed by atoms with Gasteiger partial charge in [0.05, 0.1) is 17.1 Å². The molecule has 2 unspecified atom stereocenters. The first-order chi connectivity index (χ1) is 20.0.